The van der Waals surface area contributed by atoms with Crippen LogP contribution in [0.2, 0.25) is 0 Å². The molecule has 3 aromatic carbocycles. The van der Waals surface area contributed by atoms with Gasteiger partial charge in [0.2, 0.25) is 0 Å². The van der Waals surface area contributed by atoms with Gasteiger partial charge in [-0.25, -0.2) is 9.37 Å². The highest BCUT2D eigenvalue weighted by Crippen LogP contribution is 2.41. The van der Waals surface area contributed by atoms with Gasteiger partial charge in [0.1, 0.15) is 11.6 Å². The number of benzene rings is 3. The summed E-state index contributed by atoms with van der Waals surface area (Å²) in [4.78, 5) is 23.9. The van der Waals surface area contributed by atoms with E-state index < -0.39 is 0 Å². The Morgan fingerprint density at radius 1 is 1.07 bits per heavy atom. The molecule has 1 saturated heterocycles. The zero-order chi connectivity index (χ0) is 27.5. The van der Waals surface area contributed by atoms with E-state index in [2.05, 4.69) is 25.5 Å². The van der Waals surface area contributed by atoms with E-state index in [0.29, 0.717) is 28.6 Å². The summed E-state index contributed by atoms with van der Waals surface area (Å²) < 4.78 is 19.7. The summed E-state index contributed by atoms with van der Waals surface area (Å²) in [6.07, 6.45) is 3.81. The second-order valence-electron chi connectivity index (χ2n) is 10.2. The van der Waals surface area contributed by atoms with E-state index in [1.807, 2.05) is 48.5 Å². The number of aromatic amines is 1. The first-order valence-electron chi connectivity index (χ1n) is 13.6. The van der Waals surface area contributed by atoms with Crippen LogP contribution in [0.5, 0.6) is 0 Å². The number of nitrogens with zero attached hydrogens (tertiary/aromatic N) is 2. The first-order valence-corrected chi connectivity index (χ1v) is 13.6. The smallest absolute Gasteiger partial charge is 0.257 e. The zero-order valence-electron chi connectivity index (χ0n) is 22.4. The van der Waals surface area contributed by atoms with E-state index in [1.54, 1.807) is 25.4 Å². The molecule has 8 heteroatoms. The molecule has 6 rings (SSSR count). The molecule has 0 radical (unpaired) electrons. The molecule has 2 aliphatic rings. The van der Waals surface area contributed by atoms with Gasteiger partial charge in [0.15, 0.2) is 0 Å². The average molecular weight is 538 g/mol. The fourth-order valence-corrected chi connectivity index (χ4v) is 5.52. The first kappa shape index (κ1) is 26.0. The fourth-order valence-electron chi connectivity index (χ4n) is 5.52. The van der Waals surface area contributed by atoms with Crippen LogP contribution in [0, 0.1) is 5.82 Å². The van der Waals surface area contributed by atoms with Crippen molar-refractivity contribution in [2.45, 2.75) is 18.9 Å². The number of ether oxygens (including phenoxy) is 1. The molecule has 3 N–H and O–H groups in total. The average Bonchev–Trinajstić information content (AvgIpc) is 3.58. The third-order valence-electron chi connectivity index (χ3n) is 7.59. The predicted molar refractivity (Wildman–Crippen MR) is 156 cm³/mol. The minimum absolute atomic E-state index is 0.240. The van der Waals surface area contributed by atoms with Gasteiger partial charge in [-0.05, 0) is 54.3 Å². The highest BCUT2D eigenvalue weighted by atomic mass is 19.1. The standard InChI is InChI=1S/C32H32FN5O2/c1-40-17-16-38-14-12-24(13-15-38)35-25-10-11-27-26(19-25)30(32(39)37-27)29(22-8-5-9-23(33)18-22)31-34-20-28(36-31)21-6-3-2-4-7-21/h2-11,18-20,24,35H,12-17H2,1H3,(H,34,36)(H,37,39)/b30-29-. The number of imidazole rings is 1. The summed E-state index contributed by atoms with van der Waals surface area (Å²) >= 11 is 0. The summed E-state index contributed by atoms with van der Waals surface area (Å²) in [5, 5.41) is 6.67. The summed E-state index contributed by atoms with van der Waals surface area (Å²) in [5.74, 6) is -0.115. The molecule has 0 aliphatic carbocycles. The maximum atomic E-state index is 14.4. The summed E-state index contributed by atoms with van der Waals surface area (Å²) in [6, 6.07) is 22.4. The molecule has 204 valence electrons. The second-order valence-corrected chi connectivity index (χ2v) is 10.2. The van der Waals surface area contributed by atoms with Gasteiger partial charge in [0, 0.05) is 55.3 Å². The van der Waals surface area contributed by atoms with Crippen molar-refractivity contribution < 1.29 is 13.9 Å². The number of amides is 1. The number of piperidine rings is 1. The SMILES string of the molecule is COCCN1CCC(Nc2ccc3c(c2)/C(=C(\c2cccc(F)c2)c2ncc(-c4ccccc4)[nH]2)C(=O)N3)CC1. The van der Waals surface area contributed by atoms with Crippen molar-refractivity contribution in [3.8, 4) is 11.3 Å². The molecule has 0 unspecified atom stereocenters. The Labute approximate surface area is 233 Å². The first-order chi connectivity index (χ1) is 19.6. The lowest BCUT2D eigenvalue weighted by Gasteiger charge is -2.32. The molecule has 40 heavy (non-hydrogen) atoms. The van der Waals surface area contributed by atoms with Crippen LogP contribution < -0.4 is 10.6 Å². The number of halogens is 1. The number of likely N-dealkylation sites (tertiary alicyclic amines) is 1. The molecule has 0 saturated carbocycles. The lowest BCUT2D eigenvalue weighted by Crippen LogP contribution is -2.40. The van der Waals surface area contributed by atoms with Crippen LogP contribution in [0.25, 0.3) is 22.4 Å². The van der Waals surface area contributed by atoms with Crippen molar-refractivity contribution in [1.29, 1.82) is 0 Å². The number of anilines is 2. The number of nitrogens with one attached hydrogen (secondary N) is 3. The zero-order valence-corrected chi connectivity index (χ0v) is 22.4. The minimum atomic E-state index is -0.378. The van der Waals surface area contributed by atoms with Crippen LogP contribution in [0.4, 0.5) is 15.8 Å². The molecular formula is C32H32FN5O2. The Bertz CT molecular complexity index is 1540. The van der Waals surface area contributed by atoms with Gasteiger partial charge in [-0.15, -0.1) is 0 Å². The summed E-state index contributed by atoms with van der Waals surface area (Å²) in [5.41, 5.74) is 5.83. The second kappa shape index (κ2) is 11.5. The van der Waals surface area contributed by atoms with Crippen LogP contribution >= 0.6 is 0 Å². The van der Waals surface area contributed by atoms with Crippen molar-refractivity contribution in [1.82, 2.24) is 14.9 Å². The Kier molecular flexibility index (Phi) is 7.44. The molecule has 1 aromatic heterocycles. The molecule has 2 aliphatic heterocycles. The lowest BCUT2D eigenvalue weighted by molar-refractivity contribution is -0.110. The molecule has 0 bridgehead atoms. The molecule has 0 spiro atoms. The van der Waals surface area contributed by atoms with Crippen molar-refractivity contribution in [2.75, 3.05) is 44.0 Å². The van der Waals surface area contributed by atoms with Crippen molar-refractivity contribution in [3.63, 3.8) is 0 Å². The van der Waals surface area contributed by atoms with E-state index in [0.717, 1.165) is 67.3 Å². The van der Waals surface area contributed by atoms with Crippen molar-refractivity contribution >= 4 is 28.4 Å². The van der Waals surface area contributed by atoms with Gasteiger partial charge in [-0.3, -0.25) is 4.79 Å². The molecular weight excluding hydrogens is 505 g/mol. The third kappa shape index (κ3) is 5.41. The molecule has 7 nitrogen and oxygen atoms in total. The Hall–Kier alpha value is -4.27. The van der Waals surface area contributed by atoms with Gasteiger partial charge in [0.05, 0.1) is 24.1 Å². The number of aromatic nitrogens is 2. The Morgan fingerprint density at radius 2 is 1.90 bits per heavy atom. The van der Waals surface area contributed by atoms with Crippen LogP contribution in [-0.2, 0) is 9.53 Å². The number of hydrogen-bond acceptors (Lipinski definition) is 5. The Morgan fingerprint density at radius 3 is 2.67 bits per heavy atom. The number of fused-ring (bicyclic) bond motifs is 1. The molecule has 1 amide bonds. The largest absolute Gasteiger partial charge is 0.383 e. The molecule has 1 fully saturated rings. The topological polar surface area (TPSA) is 82.3 Å². The third-order valence-corrected chi connectivity index (χ3v) is 7.59. The van der Waals surface area contributed by atoms with Gasteiger partial charge >= 0.3 is 0 Å². The number of H-pyrrole nitrogens is 1. The highest BCUT2D eigenvalue weighted by molar-refractivity contribution is 6.38. The fraction of sp³-hybridized carbons (Fsp3) is 0.250. The molecule has 4 aromatic rings. The number of methoxy groups -OCH3 is 1. The highest BCUT2D eigenvalue weighted by Gasteiger charge is 2.31. The van der Waals surface area contributed by atoms with Gasteiger partial charge in [0.25, 0.3) is 5.91 Å². The van der Waals surface area contributed by atoms with Crippen LogP contribution in [0.3, 0.4) is 0 Å². The summed E-state index contributed by atoms with van der Waals surface area (Å²) in [6.45, 7) is 3.73. The van der Waals surface area contributed by atoms with Gasteiger partial charge in [-0.2, -0.15) is 0 Å². The number of carbonyl (C=O) groups excluding carboxylic acids is 1. The normalized spacial score (nSPS) is 17.0. The van der Waals surface area contributed by atoms with E-state index in [-0.39, 0.29) is 11.7 Å². The van der Waals surface area contributed by atoms with Crippen LogP contribution in [0.1, 0.15) is 29.8 Å². The van der Waals surface area contributed by atoms with Crippen molar-refractivity contribution in [2.24, 2.45) is 0 Å². The predicted octanol–water partition coefficient (Wildman–Crippen LogP) is 5.65. The maximum Gasteiger partial charge on any atom is 0.257 e. The summed E-state index contributed by atoms with van der Waals surface area (Å²) in [7, 11) is 1.73. The van der Waals surface area contributed by atoms with Crippen LogP contribution in [-0.4, -0.2) is 60.2 Å². The quantitative estimate of drug-likeness (QED) is 0.253. The maximum absolute atomic E-state index is 14.4. The van der Waals surface area contributed by atoms with E-state index >= 15 is 0 Å². The minimum Gasteiger partial charge on any atom is -0.383 e. The monoisotopic (exact) mass is 537 g/mol. The Balaban J connectivity index is 1.36. The lowest BCUT2D eigenvalue weighted by atomic mass is 9.94. The van der Waals surface area contributed by atoms with Crippen molar-refractivity contribution in [3.05, 3.63) is 102 Å². The number of rotatable bonds is 8. The number of carbonyl (C=O) groups is 1. The van der Waals surface area contributed by atoms with Crippen LogP contribution in [0.15, 0.2) is 79.0 Å². The van der Waals surface area contributed by atoms with Gasteiger partial charge < -0.3 is 25.3 Å². The number of hydrogen-bond donors (Lipinski definition) is 3. The van der Waals surface area contributed by atoms with Gasteiger partial charge in [-0.1, -0.05) is 42.5 Å². The van der Waals surface area contributed by atoms with E-state index in [1.165, 1.54) is 12.1 Å². The van der Waals surface area contributed by atoms with E-state index in [9.17, 15) is 9.18 Å². The molecule has 3 heterocycles. The van der Waals surface area contributed by atoms with E-state index in [4.69, 9.17) is 4.74 Å². The molecule has 0 atom stereocenters.